The molecule has 6 heteroatoms. The van der Waals surface area contributed by atoms with Gasteiger partial charge in [-0.3, -0.25) is 0 Å². The second-order valence-electron chi connectivity index (χ2n) is 38.5. The van der Waals surface area contributed by atoms with E-state index in [2.05, 4.69) is 550 Å². The van der Waals surface area contributed by atoms with Gasteiger partial charge in [0.25, 0.3) is 0 Å². The number of hydrogen-bond acceptors (Lipinski definition) is 0. The molecule has 0 aliphatic carbocycles. The van der Waals surface area contributed by atoms with Crippen LogP contribution < -0.4 is 0 Å². The highest BCUT2D eigenvalue weighted by Gasteiger charge is 2.26. The molecule has 0 saturated heterocycles. The molecule has 26 aromatic carbocycles. The predicted molar refractivity (Wildman–Crippen MR) is 611 cm³/mol. The van der Waals surface area contributed by atoms with Crippen LogP contribution in [-0.2, 0) is 0 Å². The summed E-state index contributed by atoms with van der Waals surface area (Å²) in [5.74, 6) is 0. The lowest BCUT2D eigenvalue weighted by molar-refractivity contribution is 1.13. The van der Waals surface area contributed by atoms with Crippen LogP contribution >= 0.6 is 0 Å². The van der Waals surface area contributed by atoms with E-state index in [1.165, 1.54) is 256 Å². The third-order valence-electron chi connectivity index (χ3n) is 30.9. The maximum Gasteiger partial charge on any atom is 0.0635 e. The summed E-state index contributed by atoms with van der Waals surface area (Å²) in [4.78, 5) is 0. The molecule has 6 heterocycles. The van der Waals surface area contributed by atoms with Crippen LogP contribution in [0.5, 0.6) is 0 Å². The number of rotatable bonds is 11. The van der Waals surface area contributed by atoms with Crippen molar-refractivity contribution in [3.63, 3.8) is 0 Å². The normalized spacial score (nSPS) is 12.0. The monoisotopic (exact) mass is 1830 g/mol. The van der Waals surface area contributed by atoms with Crippen LogP contribution in [0.2, 0.25) is 0 Å². The molecule has 144 heavy (non-hydrogen) atoms. The molecule has 6 nitrogen and oxygen atoms in total. The molecular formula is C138H86N6. The van der Waals surface area contributed by atoms with Gasteiger partial charge >= 0.3 is 0 Å². The zero-order valence-corrected chi connectivity index (χ0v) is 78.3. The van der Waals surface area contributed by atoms with Crippen LogP contribution in [-0.4, -0.2) is 27.4 Å². The average molecular weight is 1830 g/mol. The van der Waals surface area contributed by atoms with Gasteiger partial charge in [-0.25, -0.2) is 0 Å². The van der Waals surface area contributed by atoms with E-state index in [0.29, 0.717) is 0 Å². The molecule has 0 saturated carbocycles. The Bertz CT molecular complexity index is 10700. The quantitative estimate of drug-likeness (QED) is 0.116. The summed E-state index contributed by atoms with van der Waals surface area (Å²) < 4.78 is 14.4. The second kappa shape index (κ2) is 32.2. The lowest BCUT2D eigenvalue weighted by Crippen LogP contribution is -1.97. The van der Waals surface area contributed by atoms with Gasteiger partial charge in [0.15, 0.2) is 0 Å². The van der Waals surface area contributed by atoms with E-state index in [1.807, 2.05) is 0 Å². The lowest BCUT2D eigenvalue weighted by atomic mass is 9.90. The Kier molecular flexibility index (Phi) is 18.1. The molecule has 0 aliphatic rings. The number of aromatic nitrogens is 6. The van der Waals surface area contributed by atoms with E-state index in [-0.39, 0.29) is 0 Å². The van der Waals surface area contributed by atoms with Crippen molar-refractivity contribution in [2.45, 2.75) is 0 Å². The Balaban J connectivity index is 0.000000101. The van der Waals surface area contributed by atoms with Crippen molar-refractivity contribution in [3.05, 3.63) is 522 Å². The number of fused-ring (bicyclic) bond motifs is 15. The smallest absolute Gasteiger partial charge is 0.0635 e. The van der Waals surface area contributed by atoms with Crippen LogP contribution in [0.1, 0.15) is 0 Å². The van der Waals surface area contributed by atoms with Gasteiger partial charge in [-0.05, 0) is 269 Å². The summed E-state index contributed by atoms with van der Waals surface area (Å²) in [5.41, 5.74) is 30.3. The van der Waals surface area contributed by atoms with Gasteiger partial charge in [0, 0.05) is 101 Å². The maximum atomic E-state index is 2.50. The molecule has 0 bridgehead atoms. The van der Waals surface area contributed by atoms with Crippen LogP contribution in [0.4, 0.5) is 0 Å². The lowest BCUT2D eigenvalue weighted by Gasteiger charge is -2.16. The molecule has 0 radical (unpaired) electrons. The first-order valence-electron chi connectivity index (χ1n) is 49.7. The Morgan fingerprint density at radius 3 is 0.806 bits per heavy atom. The zero-order valence-electron chi connectivity index (χ0n) is 78.3. The van der Waals surface area contributed by atoms with E-state index in [4.69, 9.17) is 0 Å². The van der Waals surface area contributed by atoms with Gasteiger partial charge < -0.3 is 27.4 Å². The second-order valence-corrected chi connectivity index (χ2v) is 38.5. The van der Waals surface area contributed by atoms with Crippen molar-refractivity contribution >= 4 is 195 Å². The number of para-hydroxylation sites is 3. The highest BCUT2D eigenvalue weighted by Crippen LogP contribution is 2.49. The molecule has 6 aromatic heterocycles. The number of nitrogens with zero attached hydrogens (tertiary/aromatic N) is 6. The Labute approximate surface area is 828 Å². The van der Waals surface area contributed by atoms with E-state index >= 15 is 0 Å². The van der Waals surface area contributed by atoms with Gasteiger partial charge in [0.2, 0.25) is 0 Å². The molecule has 0 N–H and O–H groups in total. The molecule has 0 spiro atoms. The Morgan fingerprint density at radius 1 is 0.125 bits per heavy atom. The largest absolute Gasteiger partial charge is 0.316 e. The highest BCUT2D eigenvalue weighted by molar-refractivity contribution is 6.30. The molecule has 32 aromatic rings. The molecule has 0 unspecified atom stereocenters. The fourth-order valence-electron chi connectivity index (χ4n) is 24.3. The van der Waals surface area contributed by atoms with Crippen molar-refractivity contribution in [2.24, 2.45) is 0 Å². The fourth-order valence-corrected chi connectivity index (χ4v) is 24.3. The first-order valence-corrected chi connectivity index (χ1v) is 49.7. The standard InChI is InChI=1S/2C48H30N2.C42H26N2/c1-2-8-31(9-3-1)32-18-22-37(23-19-32)49-29-28-43-44(49)27-26-42-40-14-4-5-15-45(40)50(48(42)43)38-13-7-12-36(30-38)39-24-20-35-17-16-33-10-6-11-34-21-25-41(39)47(35)46(33)34;1-2-7-31(8-3-1)32-15-21-37(22-16-32)49-30-29-43-44(49)28-27-42-40-11-4-5-12-45(40)50(48(42)43)38-23-17-33(18-24-38)39-25-19-36-14-13-34-9-6-10-35-20-26-41(39)47(36)46(34)35;1-2-7-27(8-3-1)28-15-19-32(20-16-28)43-26-25-36-37(43)24-22-34-33-11-4-5-12-38(33)44(42(34)36)39-23-18-31-14-13-29-9-6-10-30-17-21-35(39)41(31)40(29)30/h2*1-30H;1-26H. The summed E-state index contributed by atoms with van der Waals surface area (Å²) in [5, 5.41) is 34.9. The van der Waals surface area contributed by atoms with Crippen molar-refractivity contribution < 1.29 is 0 Å². The topological polar surface area (TPSA) is 29.6 Å². The van der Waals surface area contributed by atoms with Gasteiger partial charge in [-0.1, -0.05) is 382 Å². The third kappa shape index (κ3) is 12.6. The third-order valence-corrected chi connectivity index (χ3v) is 30.9. The summed E-state index contributed by atoms with van der Waals surface area (Å²) in [6.07, 6.45) is 6.64. The number of hydrogen-bond donors (Lipinski definition) is 0. The molecule has 0 amide bonds. The Hall–Kier alpha value is -19.1. The van der Waals surface area contributed by atoms with Crippen LogP contribution in [0.3, 0.4) is 0 Å². The van der Waals surface area contributed by atoms with Crippen molar-refractivity contribution in [2.75, 3.05) is 0 Å². The summed E-state index contributed by atoms with van der Waals surface area (Å²) in [6.45, 7) is 0. The van der Waals surface area contributed by atoms with E-state index < -0.39 is 0 Å². The van der Waals surface area contributed by atoms with Crippen LogP contribution in [0, 0.1) is 0 Å². The summed E-state index contributed by atoms with van der Waals surface area (Å²) in [6, 6.07) is 185. The summed E-state index contributed by atoms with van der Waals surface area (Å²) >= 11 is 0. The van der Waals surface area contributed by atoms with E-state index in [9.17, 15) is 0 Å². The SMILES string of the molecule is c1ccc(-c2ccc(-n3ccc4c3ccc3c5ccccc5n(-c5ccc(-c6ccc7ccc8cccc9ccc6c7c89)cc5)c34)cc2)cc1.c1ccc(-c2ccc(-n3ccc4c3ccc3c5ccccc5n(-c5ccc6ccc7cccc8ccc5c6c78)c34)cc2)cc1.c1ccc(-c2ccc(-n3ccc4c3ccc3c5ccccc5n(-c5cccc(-c6ccc7ccc8cccc9ccc6c7c89)c5)c34)cc2)cc1. The molecule has 668 valence electrons. The molecule has 0 atom stereocenters. The minimum atomic E-state index is 1.15. The fraction of sp³-hybridized carbons (Fsp3) is 0. The van der Waals surface area contributed by atoms with Crippen molar-refractivity contribution in [3.8, 4) is 89.8 Å². The maximum absolute atomic E-state index is 2.50. The Morgan fingerprint density at radius 2 is 0.403 bits per heavy atom. The minimum Gasteiger partial charge on any atom is -0.316 e. The predicted octanol–water partition coefficient (Wildman–Crippen LogP) is 37.2. The first-order chi connectivity index (χ1) is 71.4. The molecule has 0 fully saturated rings. The van der Waals surface area contributed by atoms with Crippen molar-refractivity contribution in [1.82, 2.24) is 27.4 Å². The molecule has 0 aliphatic heterocycles. The number of benzene rings is 26. The summed E-state index contributed by atoms with van der Waals surface area (Å²) in [7, 11) is 0. The zero-order chi connectivity index (χ0) is 94.3. The van der Waals surface area contributed by atoms with E-state index in [0.717, 1.165) is 28.4 Å². The van der Waals surface area contributed by atoms with E-state index in [1.54, 1.807) is 0 Å². The minimum absolute atomic E-state index is 1.15. The molecule has 32 rings (SSSR count). The first kappa shape index (κ1) is 80.9. The molecular weight excluding hydrogens is 1740 g/mol. The van der Waals surface area contributed by atoms with Gasteiger partial charge in [0.05, 0.1) is 55.3 Å². The van der Waals surface area contributed by atoms with Crippen LogP contribution in [0.25, 0.3) is 285 Å². The van der Waals surface area contributed by atoms with Crippen molar-refractivity contribution in [1.29, 1.82) is 0 Å². The highest BCUT2D eigenvalue weighted by atomic mass is 15.0. The van der Waals surface area contributed by atoms with Gasteiger partial charge in [-0.2, -0.15) is 0 Å². The average Bonchev–Trinajstić information content (AvgIpc) is 1.58. The van der Waals surface area contributed by atoms with Gasteiger partial charge in [-0.15, -0.1) is 0 Å². The van der Waals surface area contributed by atoms with Gasteiger partial charge in [0.1, 0.15) is 0 Å². The van der Waals surface area contributed by atoms with Crippen LogP contribution in [0.15, 0.2) is 522 Å².